The van der Waals surface area contributed by atoms with Crippen LogP contribution in [0.3, 0.4) is 0 Å². The summed E-state index contributed by atoms with van der Waals surface area (Å²) in [5, 5.41) is 6.34. The molecule has 0 aliphatic rings. The predicted molar refractivity (Wildman–Crippen MR) is 62.1 cm³/mol. The molecular formula is C9H9F3N4OS. The Hall–Kier alpha value is -1.77. The number of aliphatic imine (C=N–C) groups is 1. The van der Waals surface area contributed by atoms with E-state index in [-0.39, 0.29) is 17.1 Å². The molecule has 0 aromatic carbocycles. The van der Waals surface area contributed by atoms with E-state index in [0.717, 1.165) is 11.5 Å². The summed E-state index contributed by atoms with van der Waals surface area (Å²) in [6, 6.07) is 0.788. The molecule has 1 rings (SSSR count). The lowest BCUT2D eigenvalue weighted by atomic mass is 10.2. The second-order valence-electron chi connectivity index (χ2n) is 3.24. The highest BCUT2D eigenvalue weighted by atomic mass is 32.1. The normalized spacial score (nSPS) is 13.8. The molecule has 3 N–H and O–H groups in total. The smallest absolute Gasteiger partial charge is 0.364 e. The summed E-state index contributed by atoms with van der Waals surface area (Å²) in [5.74, 6) is -0.837. The van der Waals surface area contributed by atoms with Gasteiger partial charge in [-0.15, -0.1) is 12.6 Å². The Morgan fingerprint density at radius 2 is 2.22 bits per heavy atom. The van der Waals surface area contributed by atoms with E-state index in [1.54, 1.807) is 0 Å². The third-order valence-corrected chi connectivity index (χ3v) is 2.16. The molecule has 5 nitrogen and oxygen atoms in total. The summed E-state index contributed by atoms with van der Waals surface area (Å²) < 4.78 is 36.9. The number of hydrogen-bond donors (Lipinski definition) is 3. The number of rotatable bonds is 3. The number of nitrogens with two attached hydrogens (primary N) is 1. The number of carbonyl (C=O) groups is 1. The Balaban J connectivity index is 3.05. The number of H-pyrrole nitrogens is 1. The second-order valence-corrected chi connectivity index (χ2v) is 3.50. The zero-order chi connectivity index (χ0) is 13.9. The van der Waals surface area contributed by atoms with Crippen molar-refractivity contribution in [2.75, 3.05) is 0 Å². The number of nitrogens with zero attached hydrogens (tertiary/aromatic N) is 2. The maximum absolute atomic E-state index is 12.3. The van der Waals surface area contributed by atoms with E-state index >= 15 is 0 Å². The average Bonchev–Trinajstić information content (AvgIpc) is 2.73. The number of alkyl halides is 3. The topological polar surface area (TPSA) is 84.1 Å². The van der Waals surface area contributed by atoms with Crippen LogP contribution in [-0.2, 0) is 11.0 Å². The zero-order valence-corrected chi connectivity index (χ0v) is 10.0. The molecule has 0 saturated heterocycles. The van der Waals surface area contributed by atoms with Crippen LogP contribution in [0.1, 0.15) is 18.3 Å². The fraction of sp³-hybridized carbons (Fsp3) is 0.222. The number of carbonyl (C=O) groups excluding carboxylic acids is 1. The minimum absolute atomic E-state index is 0.0312. The van der Waals surface area contributed by atoms with Gasteiger partial charge < -0.3 is 5.73 Å². The number of halogens is 3. The summed E-state index contributed by atoms with van der Waals surface area (Å²) in [5.41, 5.74) is 3.89. The first-order chi connectivity index (χ1) is 8.25. The molecule has 0 unspecified atom stereocenters. The van der Waals surface area contributed by atoms with Crippen molar-refractivity contribution in [2.24, 2.45) is 10.7 Å². The largest absolute Gasteiger partial charge is 0.432 e. The van der Waals surface area contributed by atoms with Gasteiger partial charge in [0.1, 0.15) is 17.1 Å². The van der Waals surface area contributed by atoms with Crippen LogP contribution >= 0.6 is 12.6 Å². The molecule has 0 atom stereocenters. The number of thiol groups is 1. The molecule has 1 aromatic rings. The van der Waals surface area contributed by atoms with Gasteiger partial charge in [-0.05, 0) is 18.4 Å². The van der Waals surface area contributed by atoms with E-state index in [9.17, 15) is 18.0 Å². The van der Waals surface area contributed by atoms with Gasteiger partial charge in [-0.2, -0.15) is 18.3 Å². The SMILES string of the molecule is CC(=N/C(=C\S)C(N)=O)c1cc(C(F)(F)F)[nH]n1. The van der Waals surface area contributed by atoms with Crippen LogP contribution in [-0.4, -0.2) is 21.8 Å². The van der Waals surface area contributed by atoms with Crippen molar-refractivity contribution in [2.45, 2.75) is 13.1 Å². The monoisotopic (exact) mass is 278 g/mol. The van der Waals surface area contributed by atoms with Gasteiger partial charge in [0.05, 0.1) is 5.71 Å². The standard InChI is InChI=1S/C9H9F3N4OS/c1-4(14-6(3-18)8(13)17)5-2-7(16-15-5)9(10,11)12/h2-3,18H,1H3,(H2,13,17)(H,15,16)/b6-3-,14-4?. The molecule has 0 radical (unpaired) electrons. The highest BCUT2D eigenvalue weighted by molar-refractivity contribution is 7.83. The molecule has 1 aromatic heterocycles. The summed E-state index contributed by atoms with van der Waals surface area (Å²) in [6.07, 6.45) is -4.52. The minimum Gasteiger partial charge on any atom is -0.364 e. The molecule has 0 fully saturated rings. The van der Waals surface area contributed by atoms with Crippen LogP contribution in [0.2, 0.25) is 0 Å². The van der Waals surface area contributed by atoms with Crippen molar-refractivity contribution in [1.82, 2.24) is 10.2 Å². The number of aromatic nitrogens is 2. The average molecular weight is 278 g/mol. The number of amides is 1. The summed E-state index contributed by atoms with van der Waals surface area (Å²) in [7, 11) is 0. The number of nitrogens with one attached hydrogen (secondary N) is 1. The molecule has 0 aliphatic carbocycles. The van der Waals surface area contributed by atoms with E-state index in [1.165, 1.54) is 6.92 Å². The third kappa shape index (κ3) is 3.36. The maximum Gasteiger partial charge on any atom is 0.432 e. The van der Waals surface area contributed by atoms with Crippen LogP contribution in [0, 0.1) is 0 Å². The van der Waals surface area contributed by atoms with Crippen LogP contribution in [0.4, 0.5) is 13.2 Å². The molecule has 0 saturated carbocycles. The Labute approximate surface area is 105 Å². The van der Waals surface area contributed by atoms with Gasteiger partial charge in [0.15, 0.2) is 0 Å². The fourth-order valence-electron chi connectivity index (χ4n) is 1.04. The van der Waals surface area contributed by atoms with Crippen LogP contribution in [0.25, 0.3) is 0 Å². The molecule has 98 valence electrons. The Kier molecular flexibility index (Phi) is 4.17. The van der Waals surface area contributed by atoms with Gasteiger partial charge in [-0.25, -0.2) is 4.99 Å². The van der Waals surface area contributed by atoms with E-state index < -0.39 is 17.8 Å². The minimum atomic E-state index is -4.52. The van der Waals surface area contributed by atoms with Gasteiger partial charge in [0.25, 0.3) is 5.91 Å². The van der Waals surface area contributed by atoms with Crippen LogP contribution < -0.4 is 5.73 Å². The van der Waals surface area contributed by atoms with Gasteiger partial charge in [-0.3, -0.25) is 9.89 Å². The molecule has 1 heterocycles. The fourth-order valence-corrected chi connectivity index (χ4v) is 1.22. The number of aromatic amines is 1. The van der Waals surface area contributed by atoms with Crippen molar-refractivity contribution in [1.29, 1.82) is 0 Å². The molecule has 0 aliphatic heterocycles. The summed E-state index contributed by atoms with van der Waals surface area (Å²) in [4.78, 5) is 14.6. The van der Waals surface area contributed by atoms with E-state index in [4.69, 9.17) is 5.73 Å². The van der Waals surface area contributed by atoms with Crippen molar-refractivity contribution in [3.8, 4) is 0 Å². The highest BCUT2D eigenvalue weighted by Crippen LogP contribution is 2.27. The van der Waals surface area contributed by atoms with Crippen LogP contribution in [0.15, 0.2) is 22.2 Å². The summed E-state index contributed by atoms with van der Waals surface area (Å²) in [6.45, 7) is 1.40. The lowest BCUT2D eigenvalue weighted by molar-refractivity contribution is -0.141. The van der Waals surface area contributed by atoms with Crippen molar-refractivity contribution < 1.29 is 18.0 Å². The molecule has 18 heavy (non-hydrogen) atoms. The van der Waals surface area contributed by atoms with Crippen LogP contribution in [0.5, 0.6) is 0 Å². The molecule has 0 spiro atoms. The van der Waals surface area contributed by atoms with Gasteiger partial charge >= 0.3 is 6.18 Å². The molecule has 0 bridgehead atoms. The van der Waals surface area contributed by atoms with Crippen molar-refractivity contribution in [3.05, 3.63) is 28.6 Å². The predicted octanol–water partition coefficient (Wildman–Crippen LogP) is 1.49. The lowest BCUT2D eigenvalue weighted by Crippen LogP contribution is -2.13. The van der Waals surface area contributed by atoms with Gasteiger partial charge in [0, 0.05) is 0 Å². The second kappa shape index (κ2) is 5.25. The van der Waals surface area contributed by atoms with Crippen molar-refractivity contribution in [3.63, 3.8) is 0 Å². The summed E-state index contributed by atoms with van der Waals surface area (Å²) >= 11 is 3.71. The Morgan fingerprint density at radius 1 is 1.61 bits per heavy atom. The molecule has 1 amide bonds. The first-order valence-electron chi connectivity index (χ1n) is 4.58. The third-order valence-electron chi connectivity index (χ3n) is 1.92. The quantitative estimate of drug-likeness (QED) is 0.444. The van der Waals surface area contributed by atoms with E-state index in [1.807, 2.05) is 5.10 Å². The first kappa shape index (κ1) is 14.3. The van der Waals surface area contributed by atoms with E-state index in [0.29, 0.717) is 0 Å². The zero-order valence-electron chi connectivity index (χ0n) is 9.12. The van der Waals surface area contributed by atoms with Gasteiger partial charge in [-0.1, -0.05) is 0 Å². The Morgan fingerprint density at radius 3 is 2.61 bits per heavy atom. The Bertz CT molecular complexity index is 518. The van der Waals surface area contributed by atoms with Crippen molar-refractivity contribution >= 4 is 24.2 Å². The lowest BCUT2D eigenvalue weighted by Gasteiger charge is -2.00. The number of hydrogen-bond acceptors (Lipinski definition) is 4. The maximum atomic E-state index is 12.3. The highest BCUT2D eigenvalue weighted by Gasteiger charge is 2.33. The van der Waals surface area contributed by atoms with E-state index in [2.05, 4.69) is 22.7 Å². The molecular weight excluding hydrogens is 269 g/mol. The first-order valence-corrected chi connectivity index (χ1v) is 5.09. The van der Waals surface area contributed by atoms with Gasteiger partial charge in [0.2, 0.25) is 0 Å². The molecule has 9 heteroatoms. The number of primary amides is 1.